The molecule has 0 atom stereocenters. The van der Waals surface area contributed by atoms with E-state index in [-0.39, 0.29) is 6.54 Å². The lowest BCUT2D eigenvalue weighted by atomic mass is 10.4. The van der Waals surface area contributed by atoms with Crippen LogP contribution in [0.2, 0.25) is 0 Å². The number of fused-ring (bicyclic) bond motifs is 1. The van der Waals surface area contributed by atoms with Crippen molar-refractivity contribution in [2.75, 3.05) is 11.9 Å². The fourth-order valence-electron chi connectivity index (χ4n) is 1.38. The fourth-order valence-corrected chi connectivity index (χ4v) is 1.38. The summed E-state index contributed by atoms with van der Waals surface area (Å²) in [5.41, 5.74) is 2.13. The molecular formula is C9H11N5O2. The van der Waals surface area contributed by atoms with Crippen LogP contribution in [0.3, 0.4) is 0 Å². The Balaban J connectivity index is 2.40. The fraction of sp³-hybridized carbons (Fsp3) is 0.333. The van der Waals surface area contributed by atoms with Crippen LogP contribution in [0.15, 0.2) is 6.33 Å². The van der Waals surface area contributed by atoms with Gasteiger partial charge >= 0.3 is 5.97 Å². The first-order chi connectivity index (χ1) is 7.58. The molecule has 2 aromatic rings. The van der Waals surface area contributed by atoms with Crippen LogP contribution in [0.1, 0.15) is 5.69 Å². The number of aryl methyl sites for hydroxylation is 2. The minimum atomic E-state index is -0.952. The largest absolute Gasteiger partial charge is 0.480 e. The molecule has 16 heavy (non-hydrogen) atoms. The maximum absolute atomic E-state index is 10.4. The molecule has 0 saturated heterocycles. The van der Waals surface area contributed by atoms with E-state index in [0.29, 0.717) is 11.6 Å². The van der Waals surface area contributed by atoms with E-state index in [2.05, 4.69) is 20.3 Å². The van der Waals surface area contributed by atoms with Crippen LogP contribution < -0.4 is 5.32 Å². The van der Waals surface area contributed by atoms with Crippen molar-refractivity contribution in [1.82, 2.24) is 19.5 Å². The van der Waals surface area contributed by atoms with E-state index >= 15 is 0 Å². The van der Waals surface area contributed by atoms with Crippen LogP contribution in [-0.4, -0.2) is 37.1 Å². The van der Waals surface area contributed by atoms with Gasteiger partial charge in [-0.3, -0.25) is 4.79 Å². The van der Waals surface area contributed by atoms with E-state index in [1.807, 2.05) is 14.0 Å². The number of rotatable bonds is 3. The van der Waals surface area contributed by atoms with Crippen molar-refractivity contribution in [3.05, 3.63) is 12.0 Å². The topological polar surface area (TPSA) is 92.9 Å². The number of nitrogens with one attached hydrogen (secondary N) is 1. The average Bonchev–Trinajstić information content (AvgIpc) is 2.58. The summed E-state index contributed by atoms with van der Waals surface area (Å²) < 4.78 is 1.76. The number of carbonyl (C=O) groups is 1. The number of carboxylic acid groups (broad SMARTS) is 1. The van der Waals surface area contributed by atoms with E-state index in [1.165, 1.54) is 0 Å². The third-order valence-corrected chi connectivity index (χ3v) is 2.13. The molecule has 7 heteroatoms. The molecule has 0 amide bonds. The number of hydrogen-bond donors (Lipinski definition) is 2. The summed E-state index contributed by atoms with van der Waals surface area (Å²) in [7, 11) is 1.82. The smallest absolute Gasteiger partial charge is 0.322 e. The summed E-state index contributed by atoms with van der Waals surface area (Å²) in [6.45, 7) is 1.60. The van der Waals surface area contributed by atoms with Crippen molar-refractivity contribution in [1.29, 1.82) is 0 Å². The molecule has 2 rings (SSSR count). The van der Waals surface area contributed by atoms with E-state index in [4.69, 9.17) is 5.11 Å². The molecule has 0 unspecified atom stereocenters. The lowest BCUT2D eigenvalue weighted by Crippen LogP contribution is -2.14. The Hall–Kier alpha value is -2.18. The Morgan fingerprint density at radius 2 is 2.31 bits per heavy atom. The van der Waals surface area contributed by atoms with E-state index < -0.39 is 5.97 Å². The van der Waals surface area contributed by atoms with E-state index in [1.54, 1.807) is 10.9 Å². The molecule has 0 aromatic carbocycles. The molecule has 84 valence electrons. The number of hydrogen-bond acceptors (Lipinski definition) is 5. The average molecular weight is 221 g/mol. The molecule has 7 nitrogen and oxygen atoms in total. The Bertz CT molecular complexity index is 548. The predicted molar refractivity (Wildman–Crippen MR) is 57.2 cm³/mol. The Morgan fingerprint density at radius 1 is 1.56 bits per heavy atom. The van der Waals surface area contributed by atoms with Gasteiger partial charge in [0.05, 0.1) is 12.0 Å². The second-order valence-electron chi connectivity index (χ2n) is 3.41. The second-order valence-corrected chi connectivity index (χ2v) is 3.41. The third-order valence-electron chi connectivity index (χ3n) is 2.13. The lowest BCUT2D eigenvalue weighted by molar-refractivity contribution is -0.134. The molecule has 2 aromatic heterocycles. The number of imidazole rings is 1. The normalized spacial score (nSPS) is 10.6. The van der Waals surface area contributed by atoms with Crippen LogP contribution in [-0.2, 0) is 11.8 Å². The monoisotopic (exact) mass is 221 g/mol. The molecule has 0 aliphatic carbocycles. The molecule has 0 bridgehead atoms. The summed E-state index contributed by atoms with van der Waals surface area (Å²) in [4.78, 5) is 22.9. The Kier molecular flexibility index (Phi) is 2.43. The lowest BCUT2D eigenvalue weighted by Gasteiger charge is -2.03. The third kappa shape index (κ3) is 1.79. The maximum atomic E-state index is 10.4. The van der Waals surface area contributed by atoms with Crippen LogP contribution >= 0.6 is 0 Å². The van der Waals surface area contributed by atoms with Crippen molar-refractivity contribution in [3.63, 3.8) is 0 Å². The first-order valence-electron chi connectivity index (χ1n) is 4.69. The number of nitrogens with zero attached hydrogens (tertiary/aromatic N) is 4. The first kappa shape index (κ1) is 10.3. The molecule has 0 saturated carbocycles. The number of carboxylic acids is 1. The van der Waals surface area contributed by atoms with Gasteiger partial charge < -0.3 is 15.0 Å². The summed E-state index contributed by atoms with van der Waals surface area (Å²) in [6.07, 6.45) is 1.65. The van der Waals surface area contributed by atoms with Crippen LogP contribution in [0.5, 0.6) is 0 Å². The van der Waals surface area contributed by atoms with Gasteiger partial charge in [0, 0.05) is 7.05 Å². The van der Waals surface area contributed by atoms with Crippen molar-refractivity contribution in [3.8, 4) is 0 Å². The van der Waals surface area contributed by atoms with Crippen molar-refractivity contribution in [2.45, 2.75) is 6.92 Å². The first-order valence-corrected chi connectivity index (χ1v) is 4.69. The van der Waals surface area contributed by atoms with Gasteiger partial charge in [-0.1, -0.05) is 0 Å². The molecule has 2 heterocycles. The zero-order valence-electron chi connectivity index (χ0n) is 8.93. The van der Waals surface area contributed by atoms with Crippen molar-refractivity contribution < 1.29 is 9.90 Å². The van der Waals surface area contributed by atoms with Gasteiger partial charge in [-0.05, 0) is 6.92 Å². The molecule has 2 N–H and O–H groups in total. The van der Waals surface area contributed by atoms with Crippen molar-refractivity contribution in [2.24, 2.45) is 7.05 Å². The summed E-state index contributed by atoms with van der Waals surface area (Å²) in [5, 5.41) is 11.2. The molecule has 0 spiro atoms. The maximum Gasteiger partial charge on any atom is 0.322 e. The summed E-state index contributed by atoms with van der Waals surface area (Å²) in [5.74, 6) is -0.651. The number of anilines is 1. The SMILES string of the molecule is Cc1nc(NCC(=O)O)nc2c1ncn2C. The quantitative estimate of drug-likeness (QED) is 0.767. The van der Waals surface area contributed by atoms with E-state index in [0.717, 1.165) is 11.2 Å². The van der Waals surface area contributed by atoms with Gasteiger partial charge in [-0.15, -0.1) is 0 Å². The molecule has 0 aliphatic rings. The van der Waals surface area contributed by atoms with Gasteiger partial charge in [0.15, 0.2) is 5.65 Å². The highest BCUT2D eigenvalue weighted by Gasteiger charge is 2.09. The highest BCUT2D eigenvalue weighted by atomic mass is 16.4. The van der Waals surface area contributed by atoms with Gasteiger partial charge in [-0.2, -0.15) is 4.98 Å². The molecule has 0 fully saturated rings. The van der Waals surface area contributed by atoms with E-state index in [9.17, 15) is 4.79 Å². The van der Waals surface area contributed by atoms with Gasteiger partial charge in [0.1, 0.15) is 12.1 Å². The second kappa shape index (κ2) is 3.76. The standard InChI is InChI=1S/C9H11N5O2/c1-5-7-8(14(2)4-11-7)13-9(12-5)10-3-6(15)16/h4H,3H2,1-2H3,(H,15,16)(H,10,12,13). The zero-order valence-corrected chi connectivity index (χ0v) is 8.93. The highest BCUT2D eigenvalue weighted by Crippen LogP contribution is 2.14. The predicted octanol–water partition coefficient (Wildman–Crippen LogP) is 0.168. The molecule has 0 aliphatic heterocycles. The summed E-state index contributed by atoms with van der Waals surface area (Å²) >= 11 is 0. The summed E-state index contributed by atoms with van der Waals surface area (Å²) in [6, 6.07) is 0. The minimum absolute atomic E-state index is 0.206. The van der Waals surface area contributed by atoms with Gasteiger partial charge in [0.2, 0.25) is 5.95 Å². The molecule has 0 radical (unpaired) electrons. The highest BCUT2D eigenvalue weighted by molar-refractivity contribution is 5.76. The van der Waals surface area contributed by atoms with Gasteiger partial charge in [-0.25, -0.2) is 9.97 Å². The number of aromatic nitrogens is 4. The zero-order chi connectivity index (χ0) is 11.7. The minimum Gasteiger partial charge on any atom is -0.480 e. The van der Waals surface area contributed by atoms with Crippen LogP contribution in [0, 0.1) is 6.92 Å². The van der Waals surface area contributed by atoms with Crippen LogP contribution in [0.4, 0.5) is 5.95 Å². The Labute approximate surface area is 91.2 Å². The Morgan fingerprint density at radius 3 is 3.00 bits per heavy atom. The van der Waals surface area contributed by atoms with Gasteiger partial charge in [0.25, 0.3) is 0 Å². The number of aliphatic carboxylic acids is 1. The van der Waals surface area contributed by atoms with Crippen LogP contribution in [0.25, 0.3) is 11.2 Å². The van der Waals surface area contributed by atoms with Crippen molar-refractivity contribution >= 4 is 23.1 Å². The molecular weight excluding hydrogens is 210 g/mol.